The van der Waals surface area contributed by atoms with Gasteiger partial charge in [0.25, 0.3) is 0 Å². The first kappa shape index (κ1) is 11.9. The van der Waals surface area contributed by atoms with E-state index in [0.29, 0.717) is 12.3 Å². The van der Waals surface area contributed by atoms with Crippen LogP contribution in [0.3, 0.4) is 0 Å². The predicted octanol–water partition coefficient (Wildman–Crippen LogP) is 2.55. The lowest BCUT2D eigenvalue weighted by molar-refractivity contribution is 0.0518. The number of rotatable bonds is 4. The number of aromatic amines is 1. The van der Waals surface area contributed by atoms with Gasteiger partial charge in [0.1, 0.15) is 0 Å². The smallest absolute Gasteiger partial charge is 0.359 e. The molecular weight excluding hydrogens is 236 g/mol. The zero-order valence-electron chi connectivity index (χ0n) is 9.82. The highest BCUT2D eigenvalue weighted by Crippen LogP contribution is 2.18. The van der Waals surface area contributed by atoms with Crippen LogP contribution in [-0.2, 0) is 11.2 Å². The summed E-state index contributed by atoms with van der Waals surface area (Å²) in [5, 5.41) is 8.96. The Morgan fingerprint density at radius 3 is 3.06 bits per heavy atom. The molecule has 2 rings (SSSR count). The van der Waals surface area contributed by atoms with E-state index in [-0.39, 0.29) is 5.97 Å². The van der Waals surface area contributed by atoms with Gasteiger partial charge < -0.3 is 4.74 Å². The van der Waals surface area contributed by atoms with Crippen molar-refractivity contribution in [2.75, 3.05) is 6.61 Å². The molecule has 0 aromatic carbocycles. The SMILES string of the molecule is CCOC(=O)c1n[nH]c(Cc2cccs2)c1C. The average molecular weight is 250 g/mol. The van der Waals surface area contributed by atoms with E-state index in [1.165, 1.54) is 4.88 Å². The molecule has 0 aliphatic carbocycles. The number of esters is 1. The first-order chi connectivity index (χ1) is 8.22. The number of ether oxygens (including phenoxy) is 1. The van der Waals surface area contributed by atoms with Gasteiger partial charge in [-0.25, -0.2) is 4.79 Å². The lowest BCUT2D eigenvalue weighted by Crippen LogP contribution is -2.06. The van der Waals surface area contributed by atoms with Gasteiger partial charge in [0, 0.05) is 22.6 Å². The zero-order valence-corrected chi connectivity index (χ0v) is 10.6. The van der Waals surface area contributed by atoms with E-state index in [9.17, 15) is 4.79 Å². The van der Waals surface area contributed by atoms with Crippen molar-refractivity contribution in [2.45, 2.75) is 20.3 Å². The van der Waals surface area contributed by atoms with Gasteiger partial charge in [-0.2, -0.15) is 5.10 Å². The molecule has 17 heavy (non-hydrogen) atoms. The van der Waals surface area contributed by atoms with Crippen LogP contribution in [0.4, 0.5) is 0 Å². The zero-order chi connectivity index (χ0) is 12.3. The standard InChI is InChI=1S/C12H14N2O2S/c1-3-16-12(15)11-8(2)10(13-14-11)7-9-5-4-6-17-9/h4-6H,3,7H2,1-2H3,(H,13,14). The molecule has 5 heteroatoms. The summed E-state index contributed by atoms with van der Waals surface area (Å²) in [4.78, 5) is 12.8. The Bertz CT molecular complexity index is 503. The van der Waals surface area contributed by atoms with Crippen molar-refractivity contribution in [3.63, 3.8) is 0 Å². The van der Waals surface area contributed by atoms with Gasteiger partial charge in [0.05, 0.1) is 6.61 Å². The quantitative estimate of drug-likeness (QED) is 0.848. The van der Waals surface area contributed by atoms with Crippen molar-refractivity contribution in [1.29, 1.82) is 0 Å². The number of H-pyrrole nitrogens is 1. The molecule has 2 heterocycles. The second-order valence-corrected chi connectivity index (χ2v) is 4.68. The van der Waals surface area contributed by atoms with E-state index in [1.807, 2.05) is 18.4 Å². The van der Waals surface area contributed by atoms with Crippen molar-refractivity contribution in [3.8, 4) is 0 Å². The Balaban J connectivity index is 2.18. The van der Waals surface area contributed by atoms with Crippen LogP contribution < -0.4 is 0 Å². The number of hydrogen-bond acceptors (Lipinski definition) is 4. The summed E-state index contributed by atoms with van der Waals surface area (Å²) in [6, 6.07) is 4.08. The molecule has 0 saturated carbocycles. The minimum atomic E-state index is -0.362. The van der Waals surface area contributed by atoms with Gasteiger partial charge in [-0.3, -0.25) is 5.10 Å². The summed E-state index contributed by atoms with van der Waals surface area (Å²) in [5.74, 6) is -0.362. The van der Waals surface area contributed by atoms with E-state index in [0.717, 1.165) is 17.7 Å². The van der Waals surface area contributed by atoms with Gasteiger partial charge >= 0.3 is 5.97 Å². The second-order valence-electron chi connectivity index (χ2n) is 3.65. The molecule has 2 aromatic heterocycles. The van der Waals surface area contributed by atoms with Crippen LogP contribution in [0.2, 0.25) is 0 Å². The highest BCUT2D eigenvalue weighted by atomic mass is 32.1. The average Bonchev–Trinajstić information content (AvgIpc) is 2.91. The summed E-state index contributed by atoms with van der Waals surface area (Å²) in [5.41, 5.74) is 2.23. The van der Waals surface area contributed by atoms with Gasteiger partial charge in [0.2, 0.25) is 0 Å². The molecule has 0 unspecified atom stereocenters. The molecule has 4 nitrogen and oxygen atoms in total. The number of thiophene rings is 1. The van der Waals surface area contributed by atoms with Crippen molar-refractivity contribution < 1.29 is 9.53 Å². The first-order valence-corrected chi connectivity index (χ1v) is 6.33. The molecule has 0 saturated heterocycles. The Kier molecular flexibility index (Phi) is 3.58. The van der Waals surface area contributed by atoms with Crippen molar-refractivity contribution in [2.24, 2.45) is 0 Å². The molecule has 0 bridgehead atoms. The number of carbonyl (C=O) groups is 1. The van der Waals surface area contributed by atoms with Gasteiger partial charge in [-0.1, -0.05) is 6.07 Å². The van der Waals surface area contributed by atoms with Gasteiger partial charge in [0.15, 0.2) is 5.69 Å². The molecule has 1 N–H and O–H groups in total. The Morgan fingerprint density at radius 2 is 2.41 bits per heavy atom. The third kappa shape index (κ3) is 2.55. The Labute approximate surface area is 104 Å². The summed E-state index contributed by atoms with van der Waals surface area (Å²) in [7, 11) is 0. The Morgan fingerprint density at radius 1 is 1.59 bits per heavy atom. The summed E-state index contributed by atoms with van der Waals surface area (Å²) in [6.45, 7) is 4.04. The third-order valence-corrected chi connectivity index (χ3v) is 3.39. The molecule has 0 aliphatic heterocycles. The van der Waals surface area contributed by atoms with Crippen LogP contribution >= 0.6 is 11.3 Å². The number of nitrogens with zero attached hydrogens (tertiary/aromatic N) is 1. The van der Waals surface area contributed by atoms with E-state index in [4.69, 9.17) is 4.74 Å². The Hall–Kier alpha value is -1.62. The summed E-state index contributed by atoms with van der Waals surface area (Å²) >= 11 is 1.69. The molecule has 90 valence electrons. The summed E-state index contributed by atoms with van der Waals surface area (Å²) < 4.78 is 4.94. The fourth-order valence-corrected chi connectivity index (χ4v) is 2.31. The maximum Gasteiger partial charge on any atom is 0.359 e. The fourth-order valence-electron chi connectivity index (χ4n) is 1.59. The number of nitrogens with one attached hydrogen (secondary N) is 1. The largest absolute Gasteiger partial charge is 0.461 e. The van der Waals surface area contributed by atoms with Crippen LogP contribution in [0, 0.1) is 6.92 Å². The van der Waals surface area contributed by atoms with Crippen molar-refractivity contribution >= 4 is 17.3 Å². The molecule has 0 spiro atoms. The van der Waals surface area contributed by atoms with Crippen LogP contribution in [0.5, 0.6) is 0 Å². The minimum absolute atomic E-state index is 0.362. The topological polar surface area (TPSA) is 55.0 Å². The van der Waals surface area contributed by atoms with Crippen molar-refractivity contribution in [1.82, 2.24) is 10.2 Å². The molecule has 0 fully saturated rings. The molecule has 0 atom stereocenters. The van der Waals surface area contributed by atoms with Crippen molar-refractivity contribution in [3.05, 3.63) is 39.3 Å². The first-order valence-electron chi connectivity index (χ1n) is 5.45. The third-order valence-electron chi connectivity index (χ3n) is 2.51. The molecule has 0 amide bonds. The van der Waals surface area contributed by atoms with E-state index < -0.39 is 0 Å². The fraction of sp³-hybridized carbons (Fsp3) is 0.333. The number of aromatic nitrogens is 2. The molecular formula is C12H14N2O2S. The highest BCUT2D eigenvalue weighted by molar-refractivity contribution is 7.09. The van der Waals surface area contributed by atoms with Crippen LogP contribution in [-0.4, -0.2) is 22.8 Å². The maximum absolute atomic E-state index is 11.6. The predicted molar refractivity (Wildman–Crippen MR) is 66.4 cm³/mol. The normalized spacial score (nSPS) is 10.5. The molecule has 0 radical (unpaired) electrons. The minimum Gasteiger partial charge on any atom is -0.461 e. The molecule has 2 aromatic rings. The number of carbonyl (C=O) groups excluding carboxylic acids is 1. The second kappa shape index (κ2) is 5.14. The van der Waals surface area contributed by atoms with E-state index >= 15 is 0 Å². The highest BCUT2D eigenvalue weighted by Gasteiger charge is 2.17. The maximum atomic E-state index is 11.6. The van der Waals surface area contributed by atoms with Gasteiger partial charge in [-0.15, -0.1) is 11.3 Å². The van der Waals surface area contributed by atoms with Gasteiger partial charge in [-0.05, 0) is 25.3 Å². The van der Waals surface area contributed by atoms with E-state index in [1.54, 1.807) is 18.3 Å². The van der Waals surface area contributed by atoms with Crippen LogP contribution in [0.25, 0.3) is 0 Å². The lowest BCUT2D eigenvalue weighted by atomic mass is 10.1. The van der Waals surface area contributed by atoms with Crippen LogP contribution in [0.15, 0.2) is 17.5 Å². The van der Waals surface area contributed by atoms with E-state index in [2.05, 4.69) is 16.3 Å². The monoisotopic (exact) mass is 250 g/mol. The molecule has 0 aliphatic rings. The number of hydrogen-bond donors (Lipinski definition) is 1. The summed E-state index contributed by atoms with van der Waals surface area (Å²) in [6.07, 6.45) is 0.774. The van der Waals surface area contributed by atoms with Crippen LogP contribution in [0.1, 0.15) is 33.5 Å². The lowest BCUT2D eigenvalue weighted by Gasteiger charge is -1.99.